The summed E-state index contributed by atoms with van der Waals surface area (Å²) in [5.41, 5.74) is 7.82. The van der Waals surface area contributed by atoms with Crippen LogP contribution in [0.1, 0.15) is 18.4 Å². The number of hydrogen-bond donors (Lipinski definition) is 2. The zero-order valence-electron chi connectivity index (χ0n) is 11.7. The molecule has 1 heterocycles. The van der Waals surface area contributed by atoms with Crippen LogP contribution in [0.3, 0.4) is 0 Å². The molecule has 0 saturated carbocycles. The first-order valence-corrected chi connectivity index (χ1v) is 8.98. The van der Waals surface area contributed by atoms with Crippen molar-refractivity contribution in [3.05, 3.63) is 42.0 Å². The molecule has 3 rings (SSSR count). The predicted octanol–water partition coefficient (Wildman–Crippen LogP) is 2.80. The van der Waals surface area contributed by atoms with Crippen molar-refractivity contribution in [2.45, 2.75) is 18.9 Å². The number of anilines is 1. The van der Waals surface area contributed by atoms with E-state index >= 15 is 0 Å². The van der Waals surface area contributed by atoms with Gasteiger partial charge in [-0.3, -0.25) is 4.21 Å². The van der Waals surface area contributed by atoms with Crippen molar-refractivity contribution in [2.24, 2.45) is 5.73 Å². The van der Waals surface area contributed by atoms with E-state index in [1.807, 2.05) is 30.3 Å². The van der Waals surface area contributed by atoms with Gasteiger partial charge in [-0.05, 0) is 30.4 Å². The first-order valence-electron chi connectivity index (χ1n) is 7.08. The lowest BCUT2D eigenvalue weighted by atomic mass is 10.0. The van der Waals surface area contributed by atoms with Crippen LogP contribution in [0.2, 0.25) is 0 Å². The highest BCUT2D eigenvalue weighted by atomic mass is 32.2. The highest BCUT2D eigenvalue weighted by molar-refractivity contribution is 7.85. The molecule has 0 radical (unpaired) electrons. The van der Waals surface area contributed by atoms with Gasteiger partial charge in [0.25, 0.3) is 0 Å². The van der Waals surface area contributed by atoms with E-state index in [9.17, 15) is 4.21 Å². The molecule has 110 valence electrons. The number of benzene rings is 2. The zero-order valence-corrected chi connectivity index (χ0v) is 13.3. The quantitative estimate of drug-likeness (QED) is 0.855. The molecule has 0 amide bonds. The van der Waals surface area contributed by atoms with Crippen molar-refractivity contribution in [3.63, 3.8) is 0 Å². The molecule has 2 aromatic carbocycles. The van der Waals surface area contributed by atoms with Gasteiger partial charge in [0.1, 0.15) is 4.99 Å². The Hall–Kier alpha value is -1.46. The molecule has 3 N–H and O–H groups in total. The Morgan fingerprint density at radius 3 is 2.48 bits per heavy atom. The number of nitrogens with two attached hydrogens (primary N) is 1. The number of hydrogen-bond acceptors (Lipinski definition) is 3. The Labute approximate surface area is 132 Å². The van der Waals surface area contributed by atoms with E-state index in [-0.39, 0.29) is 0 Å². The molecule has 21 heavy (non-hydrogen) atoms. The van der Waals surface area contributed by atoms with Gasteiger partial charge in [0.2, 0.25) is 0 Å². The van der Waals surface area contributed by atoms with Crippen LogP contribution in [0.4, 0.5) is 5.69 Å². The minimum atomic E-state index is -0.630. The maximum Gasteiger partial charge on any atom is 0.104 e. The Morgan fingerprint density at radius 1 is 1.14 bits per heavy atom. The molecule has 3 nitrogen and oxygen atoms in total. The number of rotatable bonds is 3. The van der Waals surface area contributed by atoms with Gasteiger partial charge in [0.15, 0.2) is 0 Å². The van der Waals surface area contributed by atoms with E-state index in [0.717, 1.165) is 46.4 Å². The SMILES string of the molecule is NC(=S)c1ccc(NC2CCS(=O)CC2)c2ccccc12. The lowest BCUT2D eigenvalue weighted by Crippen LogP contribution is -2.29. The minimum absolute atomic E-state index is 0.391. The fraction of sp³-hybridized carbons (Fsp3) is 0.312. The maximum absolute atomic E-state index is 11.4. The Kier molecular flexibility index (Phi) is 4.22. The smallest absolute Gasteiger partial charge is 0.104 e. The molecule has 0 aromatic heterocycles. The lowest BCUT2D eigenvalue weighted by molar-refractivity contribution is 0.624. The van der Waals surface area contributed by atoms with Gasteiger partial charge >= 0.3 is 0 Å². The first-order chi connectivity index (χ1) is 10.1. The van der Waals surface area contributed by atoms with Crippen LogP contribution in [0.25, 0.3) is 10.8 Å². The third-order valence-electron chi connectivity index (χ3n) is 3.94. The van der Waals surface area contributed by atoms with Gasteiger partial charge in [0, 0.05) is 45.0 Å². The van der Waals surface area contributed by atoms with E-state index < -0.39 is 10.8 Å². The molecule has 1 fully saturated rings. The Balaban J connectivity index is 1.94. The summed E-state index contributed by atoms with van der Waals surface area (Å²) in [4.78, 5) is 0.422. The Bertz CT molecular complexity index is 704. The van der Waals surface area contributed by atoms with Crippen LogP contribution < -0.4 is 11.1 Å². The molecular weight excluding hydrogens is 300 g/mol. The van der Waals surface area contributed by atoms with Crippen molar-refractivity contribution in [1.29, 1.82) is 0 Å². The molecule has 1 saturated heterocycles. The van der Waals surface area contributed by atoms with E-state index in [4.69, 9.17) is 18.0 Å². The lowest BCUT2D eigenvalue weighted by Gasteiger charge is -2.24. The van der Waals surface area contributed by atoms with Crippen LogP contribution in [0, 0.1) is 0 Å². The molecular formula is C16H18N2OS2. The second-order valence-electron chi connectivity index (χ2n) is 5.34. The van der Waals surface area contributed by atoms with Gasteiger partial charge in [-0.2, -0.15) is 0 Å². The molecule has 1 aliphatic rings. The largest absolute Gasteiger partial charge is 0.389 e. The maximum atomic E-state index is 11.4. The normalized spacial score (nSPS) is 22.1. The molecule has 2 aromatic rings. The summed E-state index contributed by atoms with van der Waals surface area (Å²) in [5, 5.41) is 5.80. The van der Waals surface area contributed by atoms with Crippen LogP contribution in [-0.4, -0.2) is 26.7 Å². The van der Waals surface area contributed by atoms with Crippen LogP contribution >= 0.6 is 12.2 Å². The summed E-state index contributed by atoms with van der Waals surface area (Å²) in [6, 6.07) is 12.6. The predicted molar refractivity (Wildman–Crippen MR) is 94.4 cm³/mol. The molecule has 1 aliphatic heterocycles. The van der Waals surface area contributed by atoms with Crippen LogP contribution in [0.15, 0.2) is 36.4 Å². The highest BCUT2D eigenvalue weighted by Gasteiger charge is 2.18. The highest BCUT2D eigenvalue weighted by Crippen LogP contribution is 2.28. The minimum Gasteiger partial charge on any atom is -0.389 e. The number of nitrogens with one attached hydrogen (secondary N) is 1. The fourth-order valence-electron chi connectivity index (χ4n) is 2.80. The second-order valence-corrected chi connectivity index (χ2v) is 7.47. The molecule has 5 heteroatoms. The zero-order chi connectivity index (χ0) is 14.8. The summed E-state index contributed by atoms with van der Waals surface area (Å²) in [7, 11) is -0.630. The van der Waals surface area contributed by atoms with Gasteiger partial charge < -0.3 is 11.1 Å². The summed E-state index contributed by atoms with van der Waals surface area (Å²) >= 11 is 5.13. The van der Waals surface area contributed by atoms with Crippen molar-refractivity contribution in [3.8, 4) is 0 Å². The van der Waals surface area contributed by atoms with Crippen molar-refractivity contribution in [2.75, 3.05) is 16.8 Å². The van der Waals surface area contributed by atoms with Gasteiger partial charge in [-0.25, -0.2) is 0 Å². The van der Waals surface area contributed by atoms with Crippen molar-refractivity contribution >= 4 is 44.5 Å². The van der Waals surface area contributed by atoms with E-state index in [0.29, 0.717) is 11.0 Å². The molecule has 0 unspecified atom stereocenters. The van der Waals surface area contributed by atoms with E-state index in [2.05, 4.69) is 11.4 Å². The third-order valence-corrected chi connectivity index (χ3v) is 5.54. The average molecular weight is 318 g/mol. The first kappa shape index (κ1) is 14.5. The summed E-state index contributed by atoms with van der Waals surface area (Å²) < 4.78 is 11.4. The summed E-state index contributed by atoms with van der Waals surface area (Å²) in [6.45, 7) is 0. The second kappa shape index (κ2) is 6.12. The van der Waals surface area contributed by atoms with Gasteiger partial charge in [-0.15, -0.1) is 0 Å². The molecule has 0 atom stereocenters. The topological polar surface area (TPSA) is 55.1 Å². The molecule has 0 bridgehead atoms. The molecule has 0 spiro atoms. The number of fused-ring (bicyclic) bond motifs is 1. The fourth-order valence-corrected chi connectivity index (χ4v) is 4.27. The number of thiocarbonyl (C=S) groups is 1. The Morgan fingerprint density at radius 2 is 1.81 bits per heavy atom. The van der Waals surface area contributed by atoms with Crippen molar-refractivity contribution < 1.29 is 4.21 Å². The monoisotopic (exact) mass is 318 g/mol. The van der Waals surface area contributed by atoms with E-state index in [1.54, 1.807) is 0 Å². The summed E-state index contributed by atoms with van der Waals surface area (Å²) in [6.07, 6.45) is 1.91. The average Bonchev–Trinajstić information content (AvgIpc) is 2.49. The van der Waals surface area contributed by atoms with Crippen molar-refractivity contribution in [1.82, 2.24) is 0 Å². The van der Waals surface area contributed by atoms with Crippen LogP contribution in [0.5, 0.6) is 0 Å². The third kappa shape index (κ3) is 3.09. The van der Waals surface area contributed by atoms with Gasteiger partial charge in [0.05, 0.1) is 0 Å². The van der Waals surface area contributed by atoms with Crippen LogP contribution in [-0.2, 0) is 10.8 Å². The standard InChI is InChI=1S/C16H18N2OS2/c17-16(20)14-5-6-15(13-4-2-1-3-12(13)14)18-11-7-9-21(19)10-8-11/h1-6,11,18H,7-10H2,(H2,17,20). The van der Waals surface area contributed by atoms with E-state index in [1.165, 1.54) is 0 Å². The molecule has 0 aliphatic carbocycles. The summed E-state index contributed by atoms with van der Waals surface area (Å²) in [5.74, 6) is 1.58. The van der Waals surface area contributed by atoms with Gasteiger partial charge in [-0.1, -0.05) is 36.5 Å².